The van der Waals surface area contributed by atoms with Gasteiger partial charge < -0.3 is 10.3 Å². The van der Waals surface area contributed by atoms with Gasteiger partial charge in [-0.3, -0.25) is 9.78 Å². The van der Waals surface area contributed by atoms with E-state index in [1.807, 2.05) is 0 Å². The van der Waals surface area contributed by atoms with Crippen molar-refractivity contribution >= 4 is 5.91 Å². The van der Waals surface area contributed by atoms with Gasteiger partial charge in [0.15, 0.2) is 5.82 Å². The number of rotatable bonds is 1. The minimum absolute atomic E-state index is 0.108. The molecule has 0 bridgehead atoms. The maximum atomic E-state index is 13.6. The second-order valence-electron chi connectivity index (χ2n) is 3.94. The Morgan fingerprint density at radius 3 is 3.00 bits per heavy atom. The lowest BCUT2D eigenvalue weighted by molar-refractivity contribution is 0.0946. The highest BCUT2D eigenvalue weighted by Crippen LogP contribution is 2.25. The van der Waals surface area contributed by atoms with Gasteiger partial charge in [0, 0.05) is 36.1 Å². The monoisotopic (exact) mass is 231 g/mol. The molecule has 2 aromatic rings. The molecule has 17 heavy (non-hydrogen) atoms. The SMILES string of the molecule is O=C1NCCc2[nH]c(-c3ccncc3F)cc21. The van der Waals surface area contributed by atoms with Crippen LogP contribution < -0.4 is 5.32 Å². The molecule has 0 saturated carbocycles. The van der Waals surface area contributed by atoms with E-state index in [2.05, 4.69) is 15.3 Å². The van der Waals surface area contributed by atoms with Crippen LogP contribution in [0.3, 0.4) is 0 Å². The number of aromatic amines is 1. The van der Waals surface area contributed by atoms with E-state index < -0.39 is 5.82 Å². The first-order valence-electron chi connectivity index (χ1n) is 5.35. The number of halogens is 1. The van der Waals surface area contributed by atoms with Gasteiger partial charge in [-0.05, 0) is 12.1 Å². The first-order valence-corrected chi connectivity index (χ1v) is 5.35. The summed E-state index contributed by atoms with van der Waals surface area (Å²) in [4.78, 5) is 18.4. The van der Waals surface area contributed by atoms with Crippen LogP contribution in [0.15, 0.2) is 24.5 Å². The van der Waals surface area contributed by atoms with E-state index in [4.69, 9.17) is 0 Å². The third-order valence-corrected chi connectivity index (χ3v) is 2.87. The molecule has 0 radical (unpaired) electrons. The van der Waals surface area contributed by atoms with Gasteiger partial charge >= 0.3 is 0 Å². The van der Waals surface area contributed by atoms with Crippen molar-refractivity contribution in [1.29, 1.82) is 0 Å². The fourth-order valence-electron chi connectivity index (χ4n) is 2.03. The Kier molecular flexibility index (Phi) is 2.18. The Balaban J connectivity index is 2.11. The van der Waals surface area contributed by atoms with Crippen molar-refractivity contribution in [1.82, 2.24) is 15.3 Å². The molecule has 4 nitrogen and oxygen atoms in total. The van der Waals surface area contributed by atoms with E-state index in [1.54, 1.807) is 12.1 Å². The third-order valence-electron chi connectivity index (χ3n) is 2.87. The fourth-order valence-corrected chi connectivity index (χ4v) is 2.03. The van der Waals surface area contributed by atoms with Crippen LogP contribution in [0.1, 0.15) is 16.1 Å². The molecule has 1 aliphatic heterocycles. The lowest BCUT2D eigenvalue weighted by Gasteiger charge is -2.10. The van der Waals surface area contributed by atoms with Crippen LogP contribution in [-0.2, 0) is 6.42 Å². The number of nitrogens with zero attached hydrogens (tertiary/aromatic N) is 1. The summed E-state index contributed by atoms with van der Waals surface area (Å²) in [6, 6.07) is 3.27. The summed E-state index contributed by atoms with van der Waals surface area (Å²) in [5.41, 5.74) is 2.51. The molecule has 3 heterocycles. The van der Waals surface area contributed by atoms with Crippen LogP contribution in [-0.4, -0.2) is 22.4 Å². The zero-order valence-electron chi connectivity index (χ0n) is 8.96. The number of carbonyl (C=O) groups excluding carboxylic acids is 1. The number of nitrogens with one attached hydrogen (secondary N) is 2. The highest BCUT2D eigenvalue weighted by molar-refractivity contribution is 5.97. The second-order valence-corrected chi connectivity index (χ2v) is 3.94. The van der Waals surface area contributed by atoms with E-state index in [1.165, 1.54) is 6.20 Å². The predicted octanol–water partition coefficient (Wildman–Crippen LogP) is 1.50. The average Bonchev–Trinajstić information content (AvgIpc) is 2.75. The van der Waals surface area contributed by atoms with Crippen molar-refractivity contribution in [3.05, 3.63) is 41.6 Å². The summed E-state index contributed by atoms with van der Waals surface area (Å²) >= 11 is 0. The van der Waals surface area contributed by atoms with E-state index in [0.29, 0.717) is 23.4 Å². The Labute approximate surface area is 96.9 Å². The molecule has 0 atom stereocenters. The summed E-state index contributed by atoms with van der Waals surface area (Å²) in [6.07, 6.45) is 3.43. The minimum Gasteiger partial charge on any atom is -0.358 e. The molecule has 0 aromatic carbocycles. The highest BCUT2D eigenvalue weighted by Gasteiger charge is 2.20. The van der Waals surface area contributed by atoms with E-state index >= 15 is 0 Å². The van der Waals surface area contributed by atoms with Crippen LogP contribution in [0.25, 0.3) is 11.3 Å². The van der Waals surface area contributed by atoms with E-state index in [9.17, 15) is 9.18 Å². The third kappa shape index (κ3) is 1.60. The zero-order chi connectivity index (χ0) is 11.8. The number of fused-ring (bicyclic) bond motifs is 1. The van der Waals surface area contributed by atoms with Crippen LogP contribution in [0.2, 0.25) is 0 Å². The van der Waals surface area contributed by atoms with E-state index in [0.717, 1.165) is 18.3 Å². The van der Waals surface area contributed by atoms with Crippen molar-refractivity contribution in [2.75, 3.05) is 6.54 Å². The van der Waals surface area contributed by atoms with Gasteiger partial charge in [0.1, 0.15) is 0 Å². The predicted molar refractivity (Wildman–Crippen MR) is 60.0 cm³/mol. The summed E-state index contributed by atoms with van der Waals surface area (Å²) in [5.74, 6) is -0.505. The number of aromatic nitrogens is 2. The molecule has 2 aromatic heterocycles. The number of pyridine rings is 1. The molecule has 0 unspecified atom stereocenters. The maximum absolute atomic E-state index is 13.6. The molecule has 2 N–H and O–H groups in total. The second kappa shape index (κ2) is 3.69. The van der Waals surface area contributed by atoms with Crippen LogP contribution in [0.4, 0.5) is 4.39 Å². The van der Waals surface area contributed by atoms with Crippen molar-refractivity contribution in [3.8, 4) is 11.3 Å². The molecule has 1 aliphatic rings. The summed E-state index contributed by atoms with van der Waals surface area (Å²) in [5, 5.41) is 2.75. The summed E-state index contributed by atoms with van der Waals surface area (Å²) in [7, 11) is 0. The largest absolute Gasteiger partial charge is 0.358 e. The van der Waals surface area contributed by atoms with Gasteiger partial charge in [-0.15, -0.1) is 0 Å². The van der Waals surface area contributed by atoms with Crippen LogP contribution in [0, 0.1) is 5.82 Å². The average molecular weight is 231 g/mol. The summed E-state index contributed by atoms with van der Waals surface area (Å²) < 4.78 is 13.6. The van der Waals surface area contributed by atoms with Gasteiger partial charge in [-0.2, -0.15) is 0 Å². The van der Waals surface area contributed by atoms with E-state index in [-0.39, 0.29) is 5.91 Å². The summed E-state index contributed by atoms with van der Waals surface area (Å²) in [6.45, 7) is 0.616. The molecular formula is C12H10FN3O. The molecule has 0 fully saturated rings. The first kappa shape index (κ1) is 10.0. The Hall–Kier alpha value is -2.17. The van der Waals surface area contributed by atoms with Crippen LogP contribution >= 0.6 is 0 Å². The van der Waals surface area contributed by atoms with Gasteiger partial charge in [0.05, 0.1) is 11.8 Å². The van der Waals surface area contributed by atoms with Gasteiger partial charge in [-0.25, -0.2) is 4.39 Å². The van der Waals surface area contributed by atoms with Crippen molar-refractivity contribution in [3.63, 3.8) is 0 Å². The number of H-pyrrole nitrogens is 1. The topological polar surface area (TPSA) is 57.8 Å². The maximum Gasteiger partial charge on any atom is 0.253 e. The molecule has 86 valence electrons. The quantitative estimate of drug-likeness (QED) is 0.781. The normalized spacial score (nSPS) is 14.3. The molecule has 0 spiro atoms. The van der Waals surface area contributed by atoms with Crippen molar-refractivity contribution in [2.45, 2.75) is 6.42 Å². The molecular weight excluding hydrogens is 221 g/mol. The van der Waals surface area contributed by atoms with Crippen LogP contribution in [0.5, 0.6) is 0 Å². The Bertz CT molecular complexity index is 591. The number of hydrogen-bond acceptors (Lipinski definition) is 2. The van der Waals surface area contributed by atoms with Gasteiger partial charge in [0.25, 0.3) is 5.91 Å². The lowest BCUT2D eigenvalue weighted by Crippen LogP contribution is -2.31. The first-order chi connectivity index (χ1) is 8.25. The Morgan fingerprint density at radius 2 is 2.24 bits per heavy atom. The van der Waals surface area contributed by atoms with Gasteiger partial charge in [-0.1, -0.05) is 0 Å². The standard InChI is InChI=1S/C12H10FN3O/c13-9-6-14-3-1-7(9)11-5-8-10(16-11)2-4-15-12(8)17/h1,3,5-6,16H,2,4H2,(H,15,17). The molecule has 0 saturated heterocycles. The minimum atomic E-state index is -0.397. The van der Waals surface area contributed by atoms with Gasteiger partial charge in [0.2, 0.25) is 0 Å². The number of carbonyl (C=O) groups is 1. The lowest BCUT2D eigenvalue weighted by atomic mass is 10.1. The number of hydrogen-bond donors (Lipinski definition) is 2. The highest BCUT2D eigenvalue weighted by atomic mass is 19.1. The Morgan fingerprint density at radius 1 is 1.35 bits per heavy atom. The smallest absolute Gasteiger partial charge is 0.253 e. The number of amides is 1. The zero-order valence-corrected chi connectivity index (χ0v) is 8.96. The molecule has 3 rings (SSSR count). The molecule has 1 amide bonds. The fraction of sp³-hybridized carbons (Fsp3) is 0.167. The molecule has 0 aliphatic carbocycles. The van der Waals surface area contributed by atoms with Crippen molar-refractivity contribution < 1.29 is 9.18 Å². The molecule has 5 heteroatoms. The van der Waals surface area contributed by atoms with Crippen molar-refractivity contribution in [2.24, 2.45) is 0 Å².